The van der Waals surface area contributed by atoms with Crippen molar-refractivity contribution in [2.24, 2.45) is 0 Å². The molecular weight excluding hydrogens is 150 g/mol. The van der Waals surface area contributed by atoms with E-state index >= 15 is 0 Å². The summed E-state index contributed by atoms with van der Waals surface area (Å²) in [7, 11) is 0. The molecule has 0 atom stereocenters. The number of hydrogen-bond donors (Lipinski definition) is 0. The molecule has 0 aromatic rings. The van der Waals surface area contributed by atoms with Crippen LogP contribution in [0.4, 0.5) is 0 Å². The molecule has 0 aromatic heterocycles. The molecule has 0 aliphatic carbocycles. The average Bonchev–Trinajstić information content (AvgIpc) is 1.84. The Morgan fingerprint density at radius 2 is 1.43 bits per heavy atom. The fourth-order valence-corrected chi connectivity index (χ4v) is 4.28. The topological polar surface area (TPSA) is 0 Å². The minimum absolute atomic E-state index is 1.12. The summed E-state index contributed by atoms with van der Waals surface area (Å²) < 4.78 is 0. The summed E-state index contributed by atoms with van der Waals surface area (Å²) in [6, 6.07) is 0. The van der Waals surface area contributed by atoms with E-state index in [1.165, 1.54) is 12.8 Å². The fraction of sp³-hybridized carbons (Fsp3) is 1.00. The quantitative estimate of drug-likeness (QED) is 0.476. The number of rotatable bonds is 0. The third-order valence-electron chi connectivity index (χ3n) is 1.34. The van der Waals surface area contributed by atoms with E-state index in [1.807, 2.05) is 0 Å². The van der Waals surface area contributed by atoms with Crippen LogP contribution in [-0.4, -0.2) is 12.3 Å². The molecule has 1 fully saturated rings. The molecule has 1 heterocycles. The van der Waals surface area contributed by atoms with Crippen LogP contribution in [0.15, 0.2) is 0 Å². The molecule has 7 heavy (non-hydrogen) atoms. The van der Waals surface area contributed by atoms with Crippen LogP contribution in [0.25, 0.3) is 0 Å². The number of hydrogen-bond acceptors (Lipinski definition) is 0. The van der Waals surface area contributed by atoms with Crippen molar-refractivity contribution in [3.8, 4) is 0 Å². The van der Waals surface area contributed by atoms with Crippen molar-refractivity contribution >= 4 is 28.4 Å². The zero-order valence-corrected chi connectivity index (χ0v) is 6.60. The van der Waals surface area contributed by atoms with Gasteiger partial charge in [-0.15, -0.1) is 0 Å². The van der Waals surface area contributed by atoms with Gasteiger partial charge in [-0.25, -0.2) is 0 Å². The third-order valence-corrected chi connectivity index (χ3v) is 5.77. The van der Waals surface area contributed by atoms with Gasteiger partial charge in [0.15, 0.2) is 0 Å². The Balaban J connectivity index is 2.40. The van der Waals surface area contributed by atoms with Crippen LogP contribution in [0, 0.1) is 0 Å². The van der Waals surface area contributed by atoms with Crippen molar-refractivity contribution in [3.63, 3.8) is 0 Å². The van der Waals surface area contributed by atoms with Gasteiger partial charge in [-0.1, -0.05) is 0 Å². The molecule has 0 unspecified atom stereocenters. The Morgan fingerprint density at radius 3 is 1.57 bits per heavy atom. The van der Waals surface area contributed by atoms with Gasteiger partial charge in [0.1, 0.15) is 0 Å². The first-order valence-electron chi connectivity index (χ1n) is 2.59. The van der Waals surface area contributed by atoms with Crippen LogP contribution >= 0.6 is 28.4 Å². The Morgan fingerprint density at radius 1 is 1.00 bits per heavy atom. The zero-order valence-electron chi connectivity index (χ0n) is 4.08. The van der Waals surface area contributed by atoms with E-state index < -0.39 is 5.97 Å². The first-order chi connectivity index (χ1) is 3.21. The zero-order chi connectivity index (χ0) is 5.33. The van der Waals surface area contributed by atoms with Gasteiger partial charge in [0.25, 0.3) is 0 Å². The SMILES string of the molecule is Cl[PH]1(Cl)CCCC1. The normalized spacial score (nSPS) is 32.9. The molecule has 0 saturated carbocycles. The van der Waals surface area contributed by atoms with E-state index in [2.05, 4.69) is 0 Å². The van der Waals surface area contributed by atoms with Crippen LogP contribution in [0.1, 0.15) is 12.8 Å². The van der Waals surface area contributed by atoms with Gasteiger partial charge in [0, 0.05) is 0 Å². The molecule has 1 rings (SSSR count). The van der Waals surface area contributed by atoms with Gasteiger partial charge in [-0.3, -0.25) is 0 Å². The Hall–Kier alpha value is 1.01. The molecule has 1 aliphatic rings. The van der Waals surface area contributed by atoms with E-state index in [9.17, 15) is 0 Å². The van der Waals surface area contributed by atoms with Gasteiger partial charge in [0.05, 0.1) is 0 Å². The summed E-state index contributed by atoms with van der Waals surface area (Å²) >= 11 is 11.7. The maximum atomic E-state index is 5.87. The predicted molar refractivity (Wildman–Crippen MR) is 39.0 cm³/mol. The second-order valence-electron chi connectivity index (χ2n) is 2.06. The molecule has 1 aliphatic heterocycles. The second kappa shape index (κ2) is 2.09. The van der Waals surface area contributed by atoms with Crippen molar-refractivity contribution in [2.75, 3.05) is 12.3 Å². The molecule has 0 nitrogen and oxygen atoms in total. The summed E-state index contributed by atoms with van der Waals surface area (Å²) in [4.78, 5) is 0. The average molecular weight is 159 g/mol. The van der Waals surface area contributed by atoms with E-state index in [-0.39, 0.29) is 0 Å². The molecule has 1 saturated heterocycles. The molecular formula is C4H9Cl2P. The molecule has 0 radical (unpaired) electrons. The Kier molecular flexibility index (Phi) is 1.83. The summed E-state index contributed by atoms with van der Waals surface area (Å²) in [5, 5.41) is 0. The van der Waals surface area contributed by atoms with Gasteiger partial charge in [-0.2, -0.15) is 0 Å². The maximum absolute atomic E-state index is 5.87. The summed E-state index contributed by atoms with van der Waals surface area (Å²) in [5.74, 6) is -1.60. The van der Waals surface area contributed by atoms with E-state index in [0.29, 0.717) is 0 Å². The first-order valence-corrected chi connectivity index (χ1v) is 7.02. The van der Waals surface area contributed by atoms with Crippen molar-refractivity contribution in [2.45, 2.75) is 12.8 Å². The van der Waals surface area contributed by atoms with E-state index in [1.54, 1.807) is 0 Å². The van der Waals surface area contributed by atoms with Crippen LogP contribution in [-0.2, 0) is 0 Å². The first kappa shape index (κ1) is 6.13. The molecule has 3 heteroatoms. The van der Waals surface area contributed by atoms with Crippen LogP contribution in [0.5, 0.6) is 0 Å². The molecule has 0 spiro atoms. The fourth-order valence-electron chi connectivity index (χ4n) is 0.892. The monoisotopic (exact) mass is 158 g/mol. The van der Waals surface area contributed by atoms with Gasteiger partial charge in [0.2, 0.25) is 0 Å². The van der Waals surface area contributed by atoms with E-state index in [4.69, 9.17) is 22.5 Å². The standard InChI is InChI=1S/C4H9Cl2P/c5-7(6)3-1-2-4-7/h7H,1-4H2. The molecule has 0 amide bonds. The van der Waals surface area contributed by atoms with Crippen LogP contribution in [0.2, 0.25) is 0 Å². The van der Waals surface area contributed by atoms with Gasteiger partial charge < -0.3 is 0 Å². The van der Waals surface area contributed by atoms with Crippen LogP contribution in [0.3, 0.4) is 0 Å². The van der Waals surface area contributed by atoms with Crippen molar-refractivity contribution in [1.82, 2.24) is 0 Å². The third kappa shape index (κ3) is 1.76. The van der Waals surface area contributed by atoms with Crippen LogP contribution < -0.4 is 0 Å². The molecule has 0 N–H and O–H groups in total. The van der Waals surface area contributed by atoms with Crippen molar-refractivity contribution in [3.05, 3.63) is 0 Å². The van der Waals surface area contributed by atoms with Crippen molar-refractivity contribution < 1.29 is 0 Å². The Bertz CT molecular complexity index is 64.1. The van der Waals surface area contributed by atoms with Gasteiger partial charge >= 0.3 is 53.6 Å². The Labute approximate surface area is 54.1 Å². The van der Waals surface area contributed by atoms with Crippen molar-refractivity contribution in [1.29, 1.82) is 0 Å². The molecule has 44 valence electrons. The predicted octanol–water partition coefficient (Wildman–Crippen LogP) is 2.84. The minimum atomic E-state index is -1.60. The summed E-state index contributed by atoms with van der Waals surface area (Å²) in [5.41, 5.74) is 0. The van der Waals surface area contributed by atoms with Gasteiger partial charge in [-0.05, 0) is 0 Å². The summed E-state index contributed by atoms with van der Waals surface area (Å²) in [6.45, 7) is 0. The molecule has 0 aromatic carbocycles. The summed E-state index contributed by atoms with van der Waals surface area (Å²) in [6.07, 6.45) is 4.77. The second-order valence-corrected chi connectivity index (χ2v) is 9.70. The van der Waals surface area contributed by atoms with E-state index in [0.717, 1.165) is 12.3 Å². The number of halogens is 2. The molecule has 0 bridgehead atoms.